The number of esters is 1. The van der Waals surface area contributed by atoms with Gasteiger partial charge in [-0.3, -0.25) is 9.59 Å². The molecule has 0 spiro atoms. The van der Waals surface area contributed by atoms with Crippen molar-refractivity contribution in [3.63, 3.8) is 0 Å². The molecule has 0 saturated carbocycles. The summed E-state index contributed by atoms with van der Waals surface area (Å²) in [4.78, 5) is 22.2. The van der Waals surface area contributed by atoms with E-state index >= 15 is 0 Å². The summed E-state index contributed by atoms with van der Waals surface area (Å²) in [6.07, 6.45) is 2.71. The van der Waals surface area contributed by atoms with Crippen LogP contribution in [0.2, 0.25) is 0 Å². The van der Waals surface area contributed by atoms with Crippen LogP contribution in [0.5, 0.6) is 0 Å². The molecule has 0 unspecified atom stereocenters. The predicted octanol–water partition coefficient (Wildman–Crippen LogP) is 1.20. The molecule has 0 aromatic heterocycles. The Balaban J connectivity index is 0.000000241. The van der Waals surface area contributed by atoms with Crippen LogP contribution < -0.4 is 0 Å². The van der Waals surface area contributed by atoms with Crippen LogP contribution in [0.3, 0.4) is 0 Å². The topological polar surface area (TPSA) is 46.6 Å². The first kappa shape index (κ1) is 12.9. The van der Waals surface area contributed by atoms with Crippen molar-refractivity contribution in [2.24, 2.45) is 0 Å². The predicted molar refractivity (Wildman–Crippen MR) is 53.8 cm³/mol. The molecule has 14 heavy (non-hydrogen) atoms. The van der Waals surface area contributed by atoms with Gasteiger partial charge in [0.2, 0.25) is 5.91 Å². The van der Waals surface area contributed by atoms with E-state index in [9.17, 15) is 9.59 Å². The summed E-state index contributed by atoms with van der Waals surface area (Å²) in [5.41, 5.74) is 0. The number of hydrogen-bond acceptors (Lipinski definition) is 3. The maximum absolute atomic E-state index is 10.5. The van der Waals surface area contributed by atoms with E-state index in [2.05, 4.69) is 4.74 Å². The molecule has 1 saturated heterocycles. The summed E-state index contributed by atoms with van der Waals surface area (Å²) < 4.78 is 4.55. The molecule has 1 aliphatic rings. The van der Waals surface area contributed by atoms with Crippen LogP contribution in [0.25, 0.3) is 0 Å². The van der Waals surface area contributed by atoms with Gasteiger partial charge in [-0.2, -0.15) is 0 Å². The van der Waals surface area contributed by atoms with Crippen molar-refractivity contribution in [2.75, 3.05) is 20.2 Å². The summed E-state index contributed by atoms with van der Waals surface area (Å²) in [6, 6.07) is 0. The van der Waals surface area contributed by atoms with Crippen LogP contribution in [0.1, 0.15) is 33.1 Å². The third kappa shape index (κ3) is 6.46. The van der Waals surface area contributed by atoms with E-state index < -0.39 is 0 Å². The van der Waals surface area contributed by atoms with Crippen LogP contribution in [0.4, 0.5) is 0 Å². The summed E-state index contributed by atoms with van der Waals surface area (Å²) >= 11 is 0. The fourth-order valence-corrected chi connectivity index (χ4v) is 1.03. The standard InChI is InChI=1S/C5H9NO.C5H10O2/c1-6-4-2-3-5(6)7;1-3-4-7-5(2)6/h2-4H2,1H3;3-4H2,1-2H3. The second kappa shape index (κ2) is 7.35. The molecule has 1 fully saturated rings. The van der Waals surface area contributed by atoms with Crippen molar-refractivity contribution in [3.05, 3.63) is 0 Å². The van der Waals surface area contributed by atoms with Crippen LogP contribution in [-0.4, -0.2) is 37.0 Å². The number of carbonyl (C=O) groups excluding carboxylic acids is 2. The Bertz CT molecular complexity index is 192. The zero-order valence-corrected chi connectivity index (χ0v) is 9.21. The van der Waals surface area contributed by atoms with Gasteiger partial charge >= 0.3 is 5.97 Å². The molecule has 1 rings (SSSR count). The largest absolute Gasteiger partial charge is 0.466 e. The fraction of sp³-hybridized carbons (Fsp3) is 0.800. The highest BCUT2D eigenvalue weighted by molar-refractivity contribution is 5.77. The first-order valence-electron chi connectivity index (χ1n) is 4.95. The number of nitrogens with zero attached hydrogens (tertiary/aromatic N) is 1. The minimum atomic E-state index is -0.193. The number of likely N-dealkylation sites (tertiary alicyclic amines) is 1. The summed E-state index contributed by atoms with van der Waals surface area (Å²) in [7, 11) is 1.84. The molecular formula is C10H19NO3. The van der Waals surface area contributed by atoms with Gasteiger partial charge in [0.1, 0.15) is 0 Å². The maximum atomic E-state index is 10.5. The van der Waals surface area contributed by atoms with Gasteiger partial charge in [-0.05, 0) is 12.8 Å². The minimum Gasteiger partial charge on any atom is -0.466 e. The molecule has 1 heterocycles. The van der Waals surface area contributed by atoms with Gasteiger partial charge in [-0.25, -0.2) is 0 Å². The van der Waals surface area contributed by atoms with Gasteiger partial charge in [0.25, 0.3) is 0 Å². The molecular weight excluding hydrogens is 182 g/mol. The minimum absolute atomic E-state index is 0.193. The SMILES string of the molecule is CCCOC(C)=O.CN1CCCC1=O. The number of amides is 1. The van der Waals surface area contributed by atoms with Gasteiger partial charge in [-0.1, -0.05) is 6.92 Å². The van der Waals surface area contributed by atoms with Crippen molar-refractivity contribution < 1.29 is 14.3 Å². The van der Waals surface area contributed by atoms with Crippen molar-refractivity contribution in [2.45, 2.75) is 33.1 Å². The molecule has 0 atom stereocenters. The summed E-state index contributed by atoms with van der Waals surface area (Å²) in [5, 5.41) is 0. The molecule has 0 aromatic carbocycles. The molecule has 82 valence electrons. The Morgan fingerprint density at radius 3 is 2.36 bits per heavy atom. The van der Waals surface area contributed by atoms with E-state index in [1.54, 1.807) is 4.90 Å². The zero-order valence-electron chi connectivity index (χ0n) is 9.21. The molecule has 0 radical (unpaired) electrons. The van der Waals surface area contributed by atoms with Crippen LogP contribution in [0.15, 0.2) is 0 Å². The molecule has 4 heteroatoms. The molecule has 1 amide bonds. The van der Waals surface area contributed by atoms with Gasteiger partial charge < -0.3 is 9.64 Å². The van der Waals surface area contributed by atoms with Crippen LogP contribution >= 0.6 is 0 Å². The smallest absolute Gasteiger partial charge is 0.302 e. The highest BCUT2D eigenvalue weighted by atomic mass is 16.5. The van der Waals surface area contributed by atoms with E-state index in [0.717, 1.165) is 25.8 Å². The Hall–Kier alpha value is -1.06. The number of hydrogen-bond donors (Lipinski definition) is 0. The zero-order chi connectivity index (χ0) is 11.0. The van der Waals surface area contributed by atoms with E-state index in [-0.39, 0.29) is 5.97 Å². The van der Waals surface area contributed by atoms with Gasteiger partial charge in [-0.15, -0.1) is 0 Å². The van der Waals surface area contributed by atoms with Gasteiger partial charge in [0.05, 0.1) is 6.61 Å². The van der Waals surface area contributed by atoms with E-state index in [1.807, 2.05) is 14.0 Å². The van der Waals surface area contributed by atoms with Gasteiger partial charge in [0.15, 0.2) is 0 Å². The van der Waals surface area contributed by atoms with Crippen LogP contribution in [-0.2, 0) is 14.3 Å². The second-order valence-electron chi connectivity index (χ2n) is 3.26. The quantitative estimate of drug-likeness (QED) is 0.631. The average molecular weight is 201 g/mol. The summed E-state index contributed by atoms with van der Waals surface area (Å²) in [6.45, 7) is 4.88. The van der Waals surface area contributed by atoms with E-state index in [4.69, 9.17) is 0 Å². The fourth-order valence-electron chi connectivity index (χ4n) is 1.03. The lowest BCUT2D eigenvalue weighted by Gasteiger charge is -2.03. The highest BCUT2D eigenvalue weighted by Crippen LogP contribution is 2.04. The van der Waals surface area contributed by atoms with Crippen molar-refractivity contribution in [1.29, 1.82) is 0 Å². The Labute approximate surface area is 85.2 Å². The lowest BCUT2D eigenvalue weighted by atomic mass is 10.4. The normalized spacial score (nSPS) is 14.8. The van der Waals surface area contributed by atoms with E-state index in [0.29, 0.717) is 12.5 Å². The van der Waals surface area contributed by atoms with Gasteiger partial charge in [0, 0.05) is 26.9 Å². The first-order chi connectivity index (χ1) is 6.57. The Morgan fingerprint density at radius 1 is 1.57 bits per heavy atom. The molecule has 0 aromatic rings. The molecule has 1 aliphatic heterocycles. The Morgan fingerprint density at radius 2 is 2.21 bits per heavy atom. The molecule has 0 N–H and O–H groups in total. The second-order valence-corrected chi connectivity index (χ2v) is 3.26. The third-order valence-corrected chi connectivity index (χ3v) is 1.82. The van der Waals surface area contributed by atoms with Crippen LogP contribution in [0, 0.1) is 0 Å². The summed E-state index contributed by atoms with van der Waals surface area (Å²) in [5.74, 6) is 0.0989. The molecule has 4 nitrogen and oxygen atoms in total. The number of carbonyl (C=O) groups is 2. The lowest BCUT2D eigenvalue weighted by Crippen LogP contribution is -2.17. The van der Waals surface area contributed by atoms with Crippen molar-refractivity contribution >= 4 is 11.9 Å². The highest BCUT2D eigenvalue weighted by Gasteiger charge is 2.14. The monoisotopic (exact) mass is 201 g/mol. The average Bonchev–Trinajstić information content (AvgIpc) is 2.49. The van der Waals surface area contributed by atoms with Crippen molar-refractivity contribution in [3.8, 4) is 0 Å². The Kier molecular flexibility index (Phi) is 6.80. The lowest BCUT2D eigenvalue weighted by molar-refractivity contribution is -0.140. The first-order valence-corrected chi connectivity index (χ1v) is 4.95. The number of rotatable bonds is 2. The van der Waals surface area contributed by atoms with E-state index in [1.165, 1.54) is 6.92 Å². The number of ether oxygens (including phenoxy) is 1. The molecule has 0 bridgehead atoms. The maximum Gasteiger partial charge on any atom is 0.302 e. The van der Waals surface area contributed by atoms with Crippen molar-refractivity contribution in [1.82, 2.24) is 4.90 Å². The third-order valence-electron chi connectivity index (χ3n) is 1.82. The molecule has 0 aliphatic carbocycles.